The van der Waals surface area contributed by atoms with E-state index in [1.165, 1.54) is 77.0 Å². The second-order valence-corrected chi connectivity index (χ2v) is 16.2. The van der Waals surface area contributed by atoms with Gasteiger partial charge in [0, 0.05) is 10.8 Å². The van der Waals surface area contributed by atoms with Crippen LogP contribution in [0.3, 0.4) is 0 Å². The summed E-state index contributed by atoms with van der Waals surface area (Å²) in [6, 6.07) is 8.09. The molecule has 0 saturated carbocycles. The van der Waals surface area contributed by atoms with Crippen LogP contribution in [0.25, 0.3) is 21.5 Å². The molecule has 0 amide bonds. The van der Waals surface area contributed by atoms with Crippen LogP contribution in [0.5, 0.6) is 23.0 Å². The maximum atomic E-state index is 7.21. The molecule has 0 radical (unpaired) electrons. The number of rotatable bonds is 28. The highest BCUT2D eigenvalue weighted by atomic mass is 35.5. The number of hydrogen-bond acceptors (Lipinski definition) is 4. The van der Waals surface area contributed by atoms with Crippen LogP contribution in [0.1, 0.15) is 184 Å². The highest BCUT2D eigenvalue weighted by molar-refractivity contribution is 6.46. The van der Waals surface area contributed by atoms with Crippen LogP contribution in [0, 0.1) is 0 Å². The van der Waals surface area contributed by atoms with Gasteiger partial charge < -0.3 is 18.9 Å². The maximum absolute atomic E-state index is 7.21. The molecule has 0 aliphatic carbocycles. The Hall–Kier alpha value is -2.04. The van der Waals surface area contributed by atoms with Gasteiger partial charge in [-0.2, -0.15) is 0 Å². The van der Waals surface area contributed by atoms with Crippen LogP contribution in [0.2, 0.25) is 10.0 Å². The van der Waals surface area contributed by atoms with Gasteiger partial charge in [-0.1, -0.05) is 128 Å². The van der Waals surface area contributed by atoms with Crippen molar-refractivity contribution in [2.24, 2.45) is 0 Å². The predicted octanol–water partition coefficient (Wildman–Crippen LogP) is 16.3. The Balaban J connectivity index is 2.30. The monoisotopic (exact) mass is 758 g/mol. The molecule has 0 aliphatic heterocycles. The first kappa shape index (κ1) is 44.4. The number of ether oxygens (including phenoxy) is 4. The van der Waals surface area contributed by atoms with E-state index in [1.54, 1.807) is 0 Å². The molecule has 3 rings (SSSR count). The van der Waals surface area contributed by atoms with Gasteiger partial charge in [-0.25, -0.2) is 0 Å². The van der Waals surface area contributed by atoms with E-state index in [2.05, 4.69) is 67.5 Å². The molecule has 52 heavy (non-hydrogen) atoms. The molecule has 3 aromatic rings. The summed E-state index contributed by atoms with van der Waals surface area (Å²) >= 11 is 14.0. The minimum atomic E-state index is -0.0380. The molecule has 4 nitrogen and oxygen atoms in total. The van der Waals surface area contributed by atoms with E-state index in [1.807, 2.05) is 12.1 Å². The van der Waals surface area contributed by atoms with E-state index in [4.69, 9.17) is 42.1 Å². The number of fused-ring (bicyclic) bond motifs is 2. The Kier molecular flexibility index (Phi) is 20.8. The fraction of sp³-hybridized carbons (Fsp3) is 0.696. The summed E-state index contributed by atoms with van der Waals surface area (Å²) in [6.07, 6.45) is 23.0. The molecule has 0 N–H and O–H groups in total. The molecule has 294 valence electrons. The first-order valence-electron chi connectivity index (χ1n) is 21.2. The lowest BCUT2D eigenvalue weighted by atomic mass is 9.98. The van der Waals surface area contributed by atoms with Crippen LogP contribution in [-0.2, 0) is 0 Å². The van der Waals surface area contributed by atoms with Gasteiger partial charge in [0.25, 0.3) is 0 Å². The van der Waals surface area contributed by atoms with E-state index < -0.39 is 0 Å². The van der Waals surface area contributed by atoms with E-state index in [0.29, 0.717) is 15.8 Å². The minimum Gasteiger partial charge on any atom is -0.490 e. The molecule has 0 bridgehead atoms. The summed E-state index contributed by atoms with van der Waals surface area (Å²) in [5, 5.41) is 4.40. The molecule has 0 spiro atoms. The number of unbranched alkanes of at least 4 members (excludes halogenated alkanes) is 12. The Morgan fingerprint density at radius 1 is 0.423 bits per heavy atom. The van der Waals surface area contributed by atoms with Crippen molar-refractivity contribution in [1.29, 1.82) is 0 Å². The first-order chi connectivity index (χ1) is 25.2. The molecule has 0 aliphatic rings. The normalized spacial score (nSPS) is 14.0. The molecular weight excluding hydrogens is 687 g/mol. The zero-order chi connectivity index (χ0) is 37.9. The lowest BCUT2D eigenvalue weighted by Crippen LogP contribution is -2.17. The van der Waals surface area contributed by atoms with Crippen molar-refractivity contribution in [3.8, 4) is 23.0 Å². The van der Waals surface area contributed by atoms with Crippen molar-refractivity contribution < 1.29 is 18.9 Å². The van der Waals surface area contributed by atoms with Crippen molar-refractivity contribution in [1.82, 2.24) is 0 Å². The largest absolute Gasteiger partial charge is 0.490 e. The Bertz CT molecular complexity index is 1460. The number of halogens is 2. The zero-order valence-electron chi connectivity index (χ0n) is 34.1. The van der Waals surface area contributed by atoms with Gasteiger partial charge in [-0.3, -0.25) is 0 Å². The molecule has 4 atom stereocenters. The Labute approximate surface area is 328 Å². The standard InChI is InChI=1S/C46H72Cl2O4/c1-9-13-17-21-25-33(5)49-39-31-32-40(50-34(6)26-22-18-14-10-2)43-42(39)45(51-35(7)27-23-19-15-11-3)37-29-30-38(47)44(48)41(37)46(43)52-36(8)28-24-20-16-12-4/h29-36H,9-28H2,1-8H3. The highest BCUT2D eigenvalue weighted by Crippen LogP contribution is 2.54. The molecule has 0 aromatic heterocycles. The molecular formula is C46H72Cl2O4. The summed E-state index contributed by atoms with van der Waals surface area (Å²) in [5.41, 5.74) is 0. The summed E-state index contributed by atoms with van der Waals surface area (Å²) in [7, 11) is 0. The van der Waals surface area contributed by atoms with Gasteiger partial charge in [-0.15, -0.1) is 0 Å². The average Bonchev–Trinajstić information content (AvgIpc) is 3.12. The van der Waals surface area contributed by atoms with Crippen LogP contribution >= 0.6 is 23.2 Å². The van der Waals surface area contributed by atoms with E-state index in [-0.39, 0.29) is 24.4 Å². The van der Waals surface area contributed by atoms with Gasteiger partial charge in [-0.05, 0) is 103 Å². The molecule has 6 heteroatoms. The molecule has 4 unspecified atom stereocenters. The van der Waals surface area contributed by atoms with Crippen LogP contribution in [0.15, 0.2) is 24.3 Å². The highest BCUT2D eigenvalue weighted by Gasteiger charge is 2.28. The SMILES string of the molecule is CCCCCCC(C)Oc1ccc(OC(C)CCCCCC)c2c(OC(C)CCCCCC)c3c(Cl)c(Cl)ccc3c(OC(C)CCCCCC)c12. The van der Waals surface area contributed by atoms with Gasteiger partial charge in [0.2, 0.25) is 0 Å². The maximum Gasteiger partial charge on any atom is 0.141 e. The number of hydrogen-bond donors (Lipinski definition) is 0. The molecule has 0 heterocycles. The Morgan fingerprint density at radius 3 is 1.19 bits per heavy atom. The van der Waals surface area contributed by atoms with Gasteiger partial charge in [0.1, 0.15) is 23.0 Å². The second kappa shape index (κ2) is 24.4. The van der Waals surface area contributed by atoms with E-state index in [0.717, 1.165) is 90.2 Å². The third kappa shape index (κ3) is 13.7. The van der Waals surface area contributed by atoms with Gasteiger partial charge in [0.15, 0.2) is 0 Å². The summed E-state index contributed by atoms with van der Waals surface area (Å²) in [6.45, 7) is 17.7. The minimum absolute atomic E-state index is 0.0108. The third-order valence-corrected chi connectivity index (χ3v) is 11.1. The molecule has 0 fully saturated rings. The fourth-order valence-corrected chi connectivity index (χ4v) is 7.59. The topological polar surface area (TPSA) is 36.9 Å². The first-order valence-corrected chi connectivity index (χ1v) is 22.0. The van der Waals surface area contributed by atoms with Crippen molar-refractivity contribution >= 4 is 44.7 Å². The van der Waals surface area contributed by atoms with Crippen LogP contribution in [0.4, 0.5) is 0 Å². The lowest BCUT2D eigenvalue weighted by Gasteiger charge is -2.27. The van der Waals surface area contributed by atoms with Crippen molar-refractivity contribution in [2.45, 2.75) is 208 Å². The molecule has 3 aromatic carbocycles. The zero-order valence-corrected chi connectivity index (χ0v) is 35.7. The van der Waals surface area contributed by atoms with Gasteiger partial charge in [0.05, 0.1) is 45.2 Å². The average molecular weight is 760 g/mol. The van der Waals surface area contributed by atoms with Crippen molar-refractivity contribution in [3.63, 3.8) is 0 Å². The number of benzene rings is 3. The van der Waals surface area contributed by atoms with Crippen LogP contribution < -0.4 is 18.9 Å². The fourth-order valence-electron chi connectivity index (χ4n) is 7.18. The lowest BCUT2D eigenvalue weighted by molar-refractivity contribution is 0.195. The van der Waals surface area contributed by atoms with Gasteiger partial charge >= 0.3 is 0 Å². The summed E-state index contributed by atoms with van der Waals surface area (Å²) in [5.74, 6) is 3.04. The van der Waals surface area contributed by atoms with E-state index >= 15 is 0 Å². The second-order valence-electron chi connectivity index (χ2n) is 15.4. The van der Waals surface area contributed by atoms with E-state index in [9.17, 15) is 0 Å². The van der Waals surface area contributed by atoms with Crippen LogP contribution in [-0.4, -0.2) is 24.4 Å². The summed E-state index contributed by atoms with van der Waals surface area (Å²) in [4.78, 5) is 0. The third-order valence-electron chi connectivity index (χ3n) is 10.3. The summed E-state index contributed by atoms with van der Waals surface area (Å²) < 4.78 is 27.9. The molecule has 0 saturated heterocycles. The smallest absolute Gasteiger partial charge is 0.141 e. The predicted molar refractivity (Wildman–Crippen MR) is 227 cm³/mol. The van der Waals surface area contributed by atoms with Crippen molar-refractivity contribution in [2.75, 3.05) is 0 Å². The Morgan fingerprint density at radius 2 is 0.788 bits per heavy atom. The quantitative estimate of drug-likeness (QED) is 0.0546. The van der Waals surface area contributed by atoms with Crippen molar-refractivity contribution in [3.05, 3.63) is 34.3 Å².